The Labute approximate surface area is 50.9 Å². The van der Waals surface area contributed by atoms with E-state index in [0.717, 1.165) is 10.9 Å². The fraction of sp³-hybridized carbons (Fsp3) is 0. The number of aromatic nitrogens is 4. The Balaban J connectivity index is 2.95. The van der Waals surface area contributed by atoms with Crippen molar-refractivity contribution in [1.82, 2.24) is 20.4 Å². The summed E-state index contributed by atoms with van der Waals surface area (Å²) in [5.41, 5.74) is 0.921. The lowest BCUT2D eigenvalue weighted by atomic mass is 10.4. The lowest BCUT2D eigenvalue weighted by Gasteiger charge is -1.79. The number of H-pyrrole nitrogens is 1. The molecule has 0 unspecified atom stereocenters. The van der Waals surface area contributed by atoms with Gasteiger partial charge in [0.15, 0.2) is 0 Å². The van der Waals surface area contributed by atoms with Gasteiger partial charge in [0.1, 0.15) is 0 Å². The molecule has 0 aliphatic carbocycles. The molecular formula is C5H4N4. The molecule has 0 spiro atoms. The summed E-state index contributed by atoms with van der Waals surface area (Å²) in [5.74, 6) is 0. The predicted octanol–water partition coefficient (Wildman–Crippen LogP) is 0.353. The Kier molecular flexibility index (Phi) is 0.745. The van der Waals surface area contributed by atoms with Crippen molar-refractivity contribution >= 4 is 10.9 Å². The van der Waals surface area contributed by atoms with Crippen molar-refractivity contribution in [2.45, 2.75) is 0 Å². The highest BCUT2D eigenvalue weighted by atomic mass is 15.1. The average molecular weight is 120 g/mol. The molecule has 0 radical (unpaired) electrons. The van der Waals surface area contributed by atoms with Crippen LogP contribution in [0.1, 0.15) is 0 Å². The Morgan fingerprint density at radius 3 is 2.89 bits per heavy atom. The van der Waals surface area contributed by atoms with Crippen LogP contribution in [-0.4, -0.2) is 20.4 Å². The van der Waals surface area contributed by atoms with Crippen LogP contribution in [-0.2, 0) is 0 Å². The van der Waals surface area contributed by atoms with Gasteiger partial charge in [0.25, 0.3) is 0 Å². The zero-order valence-electron chi connectivity index (χ0n) is 4.57. The standard InChI is InChI=1S/C5H4N4/c1-4-2-8-9-5(4)3-7-6-1/h1-3H,(H,8,9). The number of nitrogens with zero attached hydrogens (tertiary/aromatic N) is 3. The van der Waals surface area contributed by atoms with E-state index in [4.69, 9.17) is 0 Å². The van der Waals surface area contributed by atoms with E-state index >= 15 is 0 Å². The Bertz CT molecular complexity index is 283. The van der Waals surface area contributed by atoms with Crippen molar-refractivity contribution in [2.24, 2.45) is 0 Å². The van der Waals surface area contributed by atoms with Gasteiger partial charge in [-0.05, 0) is 0 Å². The molecule has 2 aromatic rings. The molecule has 0 bridgehead atoms. The fourth-order valence-electron chi connectivity index (χ4n) is 0.698. The topological polar surface area (TPSA) is 54.5 Å². The fourth-order valence-corrected chi connectivity index (χ4v) is 0.698. The zero-order chi connectivity index (χ0) is 6.10. The van der Waals surface area contributed by atoms with Crippen molar-refractivity contribution in [3.8, 4) is 0 Å². The number of aromatic amines is 1. The summed E-state index contributed by atoms with van der Waals surface area (Å²) in [6.07, 6.45) is 5.02. The number of nitrogens with one attached hydrogen (secondary N) is 1. The minimum absolute atomic E-state index is 0.921. The van der Waals surface area contributed by atoms with Gasteiger partial charge in [-0.15, -0.1) is 0 Å². The van der Waals surface area contributed by atoms with Crippen molar-refractivity contribution in [3.63, 3.8) is 0 Å². The molecule has 0 amide bonds. The molecule has 0 aliphatic rings. The maximum Gasteiger partial charge on any atom is 0.0868 e. The van der Waals surface area contributed by atoms with Crippen LogP contribution >= 0.6 is 0 Å². The summed E-state index contributed by atoms with van der Waals surface area (Å²) in [6, 6.07) is 0. The minimum Gasteiger partial charge on any atom is -0.276 e. The largest absolute Gasteiger partial charge is 0.276 e. The molecule has 9 heavy (non-hydrogen) atoms. The molecule has 44 valence electrons. The highest BCUT2D eigenvalue weighted by molar-refractivity contribution is 5.75. The van der Waals surface area contributed by atoms with Crippen LogP contribution in [0.5, 0.6) is 0 Å². The van der Waals surface area contributed by atoms with Crippen molar-refractivity contribution in [2.75, 3.05) is 0 Å². The zero-order valence-corrected chi connectivity index (χ0v) is 4.57. The van der Waals surface area contributed by atoms with Gasteiger partial charge in [-0.1, -0.05) is 0 Å². The molecule has 0 saturated heterocycles. The van der Waals surface area contributed by atoms with E-state index in [-0.39, 0.29) is 0 Å². The van der Waals surface area contributed by atoms with E-state index in [1.807, 2.05) is 0 Å². The number of hydrogen-bond donors (Lipinski definition) is 1. The summed E-state index contributed by atoms with van der Waals surface area (Å²) in [4.78, 5) is 0. The SMILES string of the molecule is c1nncc2[nH]ncc12. The van der Waals surface area contributed by atoms with Gasteiger partial charge in [0.2, 0.25) is 0 Å². The molecule has 0 atom stereocenters. The molecule has 4 nitrogen and oxygen atoms in total. The summed E-state index contributed by atoms with van der Waals surface area (Å²) in [7, 11) is 0. The maximum absolute atomic E-state index is 3.80. The third kappa shape index (κ3) is 0.561. The first-order chi connectivity index (χ1) is 4.47. The summed E-state index contributed by atoms with van der Waals surface area (Å²) in [6.45, 7) is 0. The molecule has 4 heteroatoms. The molecular weight excluding hydrogens is 116 g/mol. The Hall–Kier alpha value is -1.45. The molecule has 0 fully saturated rings. The molecule has 1 N–H and O–H groups in total. The van der Waals surface area contributed by atoms with Crippen LogP contribution in [0.25, 0.3) is 10.9 Å². The van der Waals surface area contributed by atoms with E-state index in [9.17, 15) is 0 Å². The van der Waals surface area contributed by atoms with Crippen molar-refractivity contribution < 1.29 is 0 Å². The quantitative estimate of drug-likeness (QED) is 0.545. The number of fused-ring (bicyclic) bond motifs is 1. The van der Waals surface area contributed by atoms with Crippen LogP contribution in [0.15, 0.2) is 18.6 Å². The second-order valence-corrected chi connectivity index (χ2v) is 1.73. The minimum atomic E-state index is 0.921. The van der Waals surface area contributed by atoms with E-state index in [1.165, 1.54) is 0 Å². The smallest absolute Gasteiger partial charge is 0.0868 e. The molecule has 2 aromatic heterocycles. The summed E-state index contributed by atoms with van der Waals surface area (Å²) in [5, 5.41) is 14.9. The third-order valence-corrected chi connectivity index (χ3v) is 1.15. The van der Waals surface area contributed by atoms with Gasteiger partial charge < -0.3 is 0 Å². The van der Waals surface area contributed by atoms with Gasteiger partial charge in [-0.2, -0.15) is 15.3 Å². The average Bonchev–Trinajstić information content (AvgIpc) is 2.33. The lowest BCUT2D eigenvalue weighted by Crippen LogP contribution is -1.75. The van der Waals surface area contributed by atoms with Gasteiger partial charge >= 0.3 is 0 Å². The van der Waals surface area contributed by atoms with E-state index in [1.54, 1.807) is 18.6 Å². The van der Waals surface area contributed by atoms with Gasteiger partial charge in [-0.25, -0.2) is 0 Å². The first kappa shape index (κ1) is 4.43. The van der Waals surface area contributed by atoms with Gasteiger partial charge in [-0.3, -0.25) is 5.10 Å². The Morgan fingerprint density at radius 2 is 2.00 bits per heavy atom. The Morgan fingerprint density at radius 1 is 1.11 bits per heavy atom. The normalized spacial score (nSPS) is 10.2. The number of hydrogen-bond acceptors (Lipinski definition) is 3. The predicted molar refractivity (Wildman–Crippen MR) is 31.7 cm³/mol. The van der Waals surface area contributed by atoms with Crippen LogP contribution in [0.3, 0.4) is 0 Å². The molecule has 2 rings (SSSR count). The first-order valence-corrected chi connectivity index (χ1v) is 2.56. The van der Waals surface area contributed by atoms with Crippen LogP contribution in [0, 0.1) is 0 Å². The van der Waals surface area contributed by atoms with E-state index in [0.29, 0.717) is 0 Å². The van der Waals surface area contributed by atoms with Crippen molar-refractivity contribution in [1.29, 1.82) is 0 Å². The second-order valence-electron chi connectivity index (χ2n) is 1.73. The highest BCUT2D eigenvalue weighted by Crippen LogP contribution is 2.03. The van der Waals surface area contributed by atoms with Crippen molar-refractivity contribution in [3.05, 3.63) is 18.6 Å². The molecule has 0 aliphatic heterocycles. The monoisotopic (exact) mass is 120 g/mol. The molecule has 2 heterocycles. The first-order valence-electron chi connectivity index (χ1n) is 2.56. The molecule has 0 saturated carbocycles. The van der Waals surface area contributed by atoms with Crippen LogP contribution in [0.2, 0.25) is 0 Å². The molecule has 0 aromatic carbocycles. The summed E-state index contributed by atoms with van der Waals surface area (Å²) >= 11 is 0. The lowest BCUT2D eigenvalue weighted by molar-refractivity contribution is 1.04. The number of rotatable bonds is 0. The summed E-state index contributed by atoms with van der Waals surface area (Å²) < 4.78 is 0. The van der Waals surface area contributed by atoms with Crippen LogP contribution in [0.4, 0.5) is 0 Å². The van der Waals surface area contributed by atoms with Gasteiger partial charge in [0, 0.05) is 5.39 Å². The van der Waals surface area contributed by atoms with Crippen LogP contribution < -0.4 is 0 Å². The third-order valence-electron chi connectivity index (χ3n) is 1.15. The van der Waals surface area contributed by atoms with Gasteiger partial charge in [0.05, 0.1) is 24.1 Å². The van der Waals surface area contributed by atoms with E-state index < -0.39 is 0 Å². The maximum atomic E-state index is 3.80. The van der Waals surface area contributed by atoms with E-state index in [2.05, 4.69) is 20.4 Å². The second kappa shape index (κ2) is 1.51. The highest BCUT2D eigenvalue weighted by Gasteiger charge is 1.90.